The Labute approximate surface area is 164 Å². The molecule has 2 heterocycles. The number of hydrogen-bond donors (Lipinski definition) is 0. The predicted molar refractivity (Wildman–Crippen MR) is 110 cm³/mol. The number of imide groups is 1. The molecule has 1 aliphatic heterocycles. The minimum Gasteiger partial charge on any atom is -0.346 e. The van der Waals surface area contributed by atoms with Gasteiger partial charge in [-0.05, 0) is 74.6 Å². The van der Waals surface area contributed by atoms with Crippen LogP contribution in [-0.2, 0) is 11.2 Å². The number of carbonyl (C=O) groups is 2. The van der Waals surface area contributed by atoms with E-state index >= 15 is 0 Å². The number of benzene rings is 1. The number of aromatic nitrogens is 1. The predicted octanol–water partition coefficient (Wildman–Crippen LogP) is 5.11. The topological polar surface area (TPSA) is 42.3 Å². The molecule has 2 amide bonds. The van der Waals surface area contributed by atoms with Crippen LogP contribution in [0.3, 0.4) is 0 Å². The van der Waals surface area contributed by atoms with Gasteiger partial charge in [0.15, 0.2) is 0 Å². The third-order valence-corrected chi connectivity index (χ3v) is 6.19. The Hall–Kier alpha value is -2.27. The number of amides is 2. The van der Waals surface area contributed by atoms with Gasteiger partial charge in [0.25, 0.3) is 11.1 Å². The minimum absolute atomic E-state index is 0.157. The Morgan fingerprint density at radius 1 is 1.15 bits per heavy atom. The van der Waals surface area contributed by atoms with Crippen molar-refractivity contribution in [2.24, 2.45) is 0 Å². The molecule has 1 aromatic carbocycles. The number of thioether (sulfide) groups is 1. The van der Waals surface area contributed by atoms with E-state index in [0.717, 1.165) is 30.2 Å². The minimum atomic E-state index is -0.158. The van der Waals surface area contributed by atoms with Gasteiger partial charge in [-0.25, -0.2) is 0 Å². The fourth-order valence-electron chi connectivity index (χ4n) is 3.76. The SMILES string of the molecule is Cc1cc(/C=C2\SC(=O)N(CCCc3ccccc3)C2=O)c(C)n1C1CC1. The van der Waals surface area contributed by atoms with Crippen molar-refractivity contribution in [3.63, 3.8) is 0 Å². The summed E-state index contributed by atoms with van der Waals surface area (Å²) < 4.78 is 2.36. The van der Waals surface area contributed by atoms with Crippen molar-refractivity contribution in [2.75, 3.05) is 6.54 Å². The Balaban J connectivity index is 1.44. The van der Waals surface area contributed by atoms with E-state index < -0.39 is 0 Å². The summed E-state index contributed by atoms with van der Waals surface area (Å²) in [4.78, 5) is 27.0. The average molecular weight is 381 g/mol. The first-order valence-corrected chi connectivity index (χ1v) is 10.3. The molecule has 0 bridgehead atoms. The second-order valence-corrected chi connectivity index (χ2v) is 8.34. The lowest BCUT2D eigenvalue weighted by atomic mass is 10.1. The number of carbonyl (C=O) groups excluding carboxylic acids is 2. The largest absolute Gasteiger partial charge is 0.346 e. The fraction of sp³-hybridized carbons (Fsp3) is 0.364. The van der Waals surface area contributed by atoms with Crippen LogP contribution in [0.5, 0.6) is 0 Å². The second-order valence-electron chi connectivity index (χ2n) is 7.35. The Kier molecular flexibility index (Phi) is 4.96. The summed E-state index contributed by atoms with van der Waals surface area (Å²) in [5.74, 6) is -0.158. The van der Waals surface area contributed by atoms with E-state index in [9.17, 15) is 9.59 Å². The van der Waals surface area contributed by atoms with Crippen molar-refractivity contribution in [3.8, 4) is 0 Å². The fourth-order valence-corrected chi connectivity index (χ4v) is 4.62. The molecule has 2 fully saturated rings. The van der Waals surface area contributed by atoms with E-state index in [1.807, 2.05) is 24.3 Å². The summed E-state index contributed by atoms with van der Waals surface area (Å²) in [5, 5.41) is -0.157. The van der Waals surface area contributed by atoms with E-state index in [1.165, 1.54) is 34.7 Å². The molecule has 4 nitrogen and oxygen atoms in total. The quantitative estimate of drug-likeness (QED) is 0.654. The lowest BCUT2D eigenvalue weighted by Gasteiger charge is -2.12. The van der Waals surface area contributed by atoms with Crippen molar-refractivity contribution in [3.05, 3.63) is 63.8 Å². The van der Waals surface area contributed by atoms with Gasteiger partial charge in [0, 0.05) is 24.0 Å². The third-order valence-electron chi connectivity index (χ3n) is 5.29. The molecule has 0 radical (unpaired) electrons. The molecule has 0 spiro atoms. The number of rotatable bonds is 6. The lowest BCUT2D eigenvalue weighted by molar-refractivity contribution is -0.122. The molecule has 2 aromatic rings. The first-order chi connectivity index (χ1) is 13.0. The lowest BCUT2D eigenvalue weighted by Crippen LogP contribution is -2.29. The average Bonchev–Trinajstić information content (AvgIpc) is 3.39. The molecular formula is C22H24N2O2S. The maximum Gasteiger partial charge on any atom is 0.293 e. The van der Waals surface area contributed by atoms with Crippen LogP contribution in [0.1, 0.15) is 47.8 Å². The number of nitrogens with zero attached hydrogens (tertiary/aromatic N) is 2. The van der Waals surface area contributed by atoms with Crippen molar-refractivity contribution in [1.82, 2.24) is 9.47 Å². The van der Waals surface area contributed by atoms with Gasteiger partial charge in [0.05, 0.1) is 4.91 Å². The molecule has 140 valence electrons. The maximum absolute atomic E-state index is 12.7. The van der Waals surface area contributed by atoms with E-state index in [1.54, 1.807) is 0 Å². The van der Waals surface area contributed by atoms with E-state index in [-0.39, 0.29) is 11.1 Å². The molecule has 0 N–H and O–H groups in total. The normalized spacial score (nSPS) is 18.7. The van der Waals surface area contributed by atoms with Crippen LogP contribution in [0.2, 0.25) is 0 Å². The van der Waals surface area contributed by atoms with Crippen molar-refractivity contribution in [1.29, 1.82) is 0 Å². The summed E-state index contributed by atoms with van der Waals surface area (Å²) in [6, 6.07) is 12.9. The second kappa shape index (κ2) is 7.39. The van der Waals surface area contributed by atoms with Gasteiger partial charge in [-0.2, -0.15) is 0 Å². The van der Waals surface area contributed by atoms with Crippen molar-refractivity contribution >= 4 is 29.0 Å². The van der Waals surface area contributed by atoms with E-state index in [4.69, 9.17) is 0 Å². The van der Waals surface area contributed by atoms with Gasteiger partial charge >= 0.3 is 0 Å². The zero-order valence-corrected chi connectivity index (χ0v) is 16.6. The van der Waals surface area contributed by atoms with Crippen LogP contribution in [0.15, 0.2) is 41.3 Å². The summed E-state index contributed by atoms with van der Waals surface area (Å²) in [5.41, 5.74) is 4.69. The zero-order chi connectivity index (χ0) is 19.0. The smallest absolute Gasteiger partial charge is 0.293 e. The molecule has 4 rings (SSSR count). The summed E-state index contributed by atoms with van der Waals surface area (Å²) >= 11 is 1.06. The van der Waals surface area contributed by atoms with Crippen molar-refractivity contribution in [2.45, 2.75) is 45.6 Å². The molecular weight excluding hydrogens is 356 g/mol. The third kappa shape index (κ3) is 3.74. The highest BCUT2D eigenvalue weighted by atomic mass is 32.2. The van der Waals surface area contributed by atoms with Crippen LogP contribution >= 0.6 is 11.8 Å². The van der Waals surface area contributed by atoms with Crippen LogP contribution < -0.4 is 0 Å². The van der Waals surface area contributed by atoms with Gasteiger partial charge in [-0.15, -0.1) is 0 Å². The van der Waals surface area contributed by atoms with Crippen LogP contribution in [0.4, 0.5) is 4.79 Å². The first kappa shape index (κ1) is 18.1. The highest BCUT2D eigenvalue weighted by Crippen LogP contribution is 2.39. The molecule has 5 heteroatoms. The summed E-state index contributed by atoms with van der Waals surface area (Å²) in [6.07, 6.45) is 6.00. The number of hydrogen-bond acceptors (Lipinski definition) is 3. The Morgan fingerprint density at radius 3 is 2.59 bits per heavy atom. The first-order valence-electron chi connectivity index (χ1n) is 9.52. The van der Waals surface area contributed by atoms with Crippen LogP contribution in [0, 0.1) is 13.8 Å². The zero-order valence-electron chi connectivity index (χ0n) is 15.8. The van der Waals surface area contributed by atoms with E-state index in [2.05, 4.69) is 36.6 Å². The highest BCUT2D eigenvalue weighted by Gasteiger charge is 2.35. The van der Waals surface area contributed by atoms with Crippen LogP contribution in [0.25, 0.3) is 6.08 Å². The standard InChI is InChI=1S/C22H24N2O2S/c1-15-13-18(16(2)24(15)19-10-11-19)14-20-21(25)23(22(26)27-20)12-6-9-17-7-4-3-5-8-17/h3-5,7-8,13-14,19H,6,9-12H2,1-2H3/b20-14-. The van der Waals surface area contributed by atoms with Gasteiger partial charge in [0.2, 0.25) is 0 Å². The molecule has 0 unspecified atom stereocenters. The van der Waals surface area contributed by atoms with Gasteiger partial charge in [0.1, 0.15) is 0 Å². The molecule has 1 saturated carbocycles. The van der Waals surface area contributed by atoms with Crippen molar-refractivity contribution < 1.29 is 9.59 Å². The molecule has 2 aliphatic rings. The monoisotopic (exact) mass is 380 g/mol. The van der Waals surface area contributed by atoms with E-state index in [0.29, 0.717) is 17.5 Å². The number of aryl methyl sites for hydroxylation is 2. The van der Waals surface area contributed by atoms with Gasteiger partial charge in [-0.1, -0.05) is 30.3 Å². The molecule has 1 aromatic heterocycles. The van der Waals surface area contributed by atoms with Gasteiger partial charge < -0.3 is 4.57 Å². The molecule has 27 heavy (non-hydrogen) atoms. The maximum atomic E-state index is 12.7. The van der Waals surface area contributed by atoms with Crippen LogP contribution in [-0.4, -0.2) is 27.2 Å². The molecule has 1 saturated heterocycles. The molecule has 0 atom stereocenters. The summed E-state index contributed by atoms with van der Waals surface area (Å²) in [6.45, 7) is 4.68. The molecule has 1 aliphatic carbocycles. The Morgan fingerprint density at radius 2 is 1.89 bits per heavy atom. The highest BCUT2D eigenvalue weighted by molar-refractivity contribution is 8.18. The summed E-state index contributed by atoms with van der Waals surface area (Å²) in [7, 11) is 0. The Bertz CT molecular complexity index is 910. The van der Waals surface area contributed by atoms with Gasteiger partial charge in [-0.3, -0.25) is 14.5 Å².